The number of phenolic OH excluding ortho intramolecular Hbond substituents is 1. The zero-order valence-corrected chi connectivity index (χ0v) is 14.3. The van der Waals surface area contributed by atoms with Gasteiger partial charge in [-0.15, -0.1) is 5.11 Å². The Morgan fingerprint density at radius 2 is 1.48 bits per heavy atom. The van der Waals surface area contributed by atoms with Crippen LogP contribution in [0.5, 0.6) is 17.2 Å². The van der Waals surface area contributed by atoms with Crippen LogP contribution in [-0.4, -0.2) is 5.11 Å². The van der Waals surface area contributed by atoms with Gasteiger partial charge in [-0.05, 0) is 60.0 Å². The summed E-state index contributed by atoms with van der Waals surface area (Å²) in [5.41, 5.74) is 2.27. The van der Waals surface area contributed by atoms with Gasteiger partial charge in [0.05, 0.1) is 5.69 Å². The third-order valence-corrected chi connectivity index (χ3v) is 3.75. The number of benzene rings is 3. The van der Waals surface area contributed by atoms with Crippen molar-refractivity contribution in [2.24, 2.45) is 10.2 Å². The summed E-state index contributed by atoms with van der Waals surface area (Å²) in [6.07, 6.45) is 0. The maximum Gasteiger partial charge on any atom is 0.143 e. The Kier molecular flexibility index (Phi) is 5.09. The summed E-state index contributed by atoms with van der Waals surface area (Å²) in [5.74, 6) is 2.00. The fourth-order valence-electron chi connectivity index (χ4n) is 2.30. The average molecular weight is 332 g/mol. The van der Waals surface area contributed by atoms with Gasteiger partial charge in [0.1, 0.15) is 22.9 Å². The van der Waals surface area contributed by atoms with E-state index in [1.54, 1.807) is 6.07 Å². The van der Waals surface area contributed by atoms with Gasteiger partial charge in [-0.1, -0.05) is 38.1 Å². The summed E-state index contributed by atoms with van der Waals surface area (Å²) in [7, 11) is 0. The van der Waals surface area contributed by atoms with Gasteiger partial charge < -0.3 is 9.84 Å². The Bertz CT molecular complexity index is 857. The number of azo groups is 1. The number of phenols is 1. The second kappa shape index (κ2) is 7.62. The van der Waals surface area contributed by atoms with E-state index in [2.05, 4.69) is 24.1 Å². The first kappa shape index (κ1) is 16.7. The summed E-state index contributed by atoms with van der Waals surface area (Å²) >= 11 is 0. The minimum Gasteiger partial charge on any atom is -0.506 e. The highest BCUT2D eigenvalue weighted by molar-refractivity contribution is 5.53. The third kappa shape index (κ3) is 4.44. The summed E-state index contributed by atoms with van der Waals surface area (Å²) in [4.78, 5) is 0. The van der Waals surface area contributed by atoms with Gasteiger partial charge in [-0.25, -0.2) is 0 Å². The number of hydrogen-bond acceptors (Lipinski definition) is 4. The molecule has 126 valence electrons. The molecule has 1 N–H and O–H groups in total. The molecular formula is C21H20N2O2. The van der Waals surface area contributed by atoms with Crippen molar-refractivity contribution < 1.29 is 9.84 Å². The lowest BCUT2D eigenvalue weighted by atomic mass is 10.0. The number of aromatic hydroxyl groups is 1. The zero-order valence-electron chi connectivity index (χ0n) is 14.3. The molecule has 4 heteroatoms. The summed E-state index contributed by atoms with van der Waals surface area (Å²) in [6.45, 7) is 4.19. The monoisotopic (exact) mass is 332 g/mol. The molecule has 0 aliphatic heterocycles. The Morgan fingerprint density at radius 3 is 2.16 bits per heavy atom. The SMILES string of the molecule is CC(C)c1ccc(O)c(N=Nc2ccc(Oc3ccccc3)cc2)c1. The van der Waals surface area contributed by atoms with Gasteiger partial charge >= 0.3 is 0 Å². The van der Waals surface area contributed by atoms with E-state index < -0.39 is 0 Å². The second-order valence-electron chi connectivity index (χ2n) is 6.01. The maximum absolute atomic E-state index is 9.93. The molecule has 0 aromatic heterocycles. The van der Waals surface area contributed by atoms with E-state index in [9.17, 15) is 5.11 Å². The number of para-hydroxylation sites is 1. The van der Waals surface area contributed by atoms with Crippen molar-refractivity contribution in [3.05, 3.63) is 78.4 Å². The molecule has 0 bridgehead atoms. The summed E-state index contributed by atoms with van der Waals surface area (Å²) in [5, 5.41) is 18.3. The molecule has 0 aliphatic rings. The standard InChI is InChI=1S/C21H20N2O2/c1-15(2)16-8-13-21(24)20(14-16)23-22-17-9-11-19(12-10-17)25-18-6-4-3-5-7-18/h3-15,24H,1-2H3. The van der Waals surface area contributed by atoms with E-state index in [0.29, 0.717) is 17.3 Å². The molecule has 0 heterocycles. The fourth-order valence-corrected chi connectivity index (χ4v) is 2.30. The van der Waals surface area contributed by atoms with E-state index in [1.807, 2.05) is 66.7 Å². The first-order chi connectivity index (χ1) is 12.1. The molecule has 0 radical (unpaired) electrons. The molecule has 3 aromatic rings. The second-order valence-corrected chi connectivity index (χ2v) is 6.01. The van der Waals surface area contributed by atoms with Gasteiger partial charge in [0, 0.05) is 0 Å². The van der Waals surface area contributed by atoms with Crippen LogP contribution < -0.4 is 4.74 Å². The Balaban J connectivity index is 1.73. The lowest BCUT2D eigenvalue weighted by Crippen LogP contribution is -1.85. The fraction of sp³-hybridized carbons (Fsp3) is 0.143. The molecule has 3 aromatic carbocycles. The van der Waals surface area contributed by atoms with Crippen molar-refractivity contribution >= 4 is 11.4 Å². The molecule has 0 aliphatic carbocycles. The van der Waals surface area contributed by atoms with Crippen LogP contribution in [0.1, 0.15) is 25.3 Å². The molecule has 0 saturated carbocycles. The van der Waals surface area contributed by atoms with Gasteiger partial charge in [-0.2, -0.15) is 5.11 Å². The molecule has 0 unspecified atom stereocenters. The Morgan fingerprint density at radius 1 is 0.800 bits per heavy atom. The topological polar surface area (TPSA) is 54.2 Å². The normalized spacial score (nSPS) is 11.2. The third-order valence-electron chi connectivity index (χ3n) is 3.75. The molecule has 25 heavy (non-hydrogen) atoms. The van der Waals surface area contributed by atoms with Gasteiger partial charge in [-0.3, -0.25) is 0 Å². The molecule has 0 fully saturated rings. The number of ether oxygens (including phenoxy) is 1. The van der Waals surface area contributed by atoms with Crippen molar-refractivity contribution in [1.29, 1.82) is 0 Å². The van der Waals surface area contributed by atoms with Crippen LogP contribution in [0.25, 0.3) is 0 Å². The van der Waals surface area contributed by atoms with Crippen LogP contribution in [0.4, 0.5) is 11.4 Å². The lowest BCUT2D eigenvalue weighted by Gasteiger charge is -2.07. The van der Waals surface area contributed by atoms with Crippen molar-refractivity contribution in [2.75, 3.05) is 0 Å². The van der Waals surface area contributed by atoms with Gasteiger partial charge in [0.2, 0.25) is 0 Å². The van der Waals surface area contributed by atoms with Crippen molar-refractivity contribution in [3.63, 3.8) is 0 Å². The highest BCUT2D eigenvalue weighted by Crippen LogP contribution is 2.32. The highest BCUT2D eigenvalue weighted by Gasteiger charge is 2.05. The summed E-state index contributed by atoms with van der Waals surface area (Å²) in [6, 6.07) is 22.3. The smallest absolute Gasteiger partial charge is 0.143 e. The van der Waals surface area contributed by atoms with Crippen molar-refractivity contribution in [3.8, 4) is 17.2 Å². The first-order valence-corrected chi connectivity index (χ1v) is 8.19. The average Bonchev–Trinajstić information content (AvgIpc) is 2.63. The summed E-state index contributed by atoms with van der Waals surface area (Å²) < 4.78 is 5.75. The number of hydrogen-bond donors (Lipinski definition) is 1. The maximum atomic E-state index is 9.93. The van der Waals surface area contributed by atoms with Crippen molar-refractivity contribution in [1.82, 2.24) is 0 Å². The van der Waals surface area contributed by atoms with Crippen LogP contribution in [0, 0.1) is 0 Å². The number of rotatable bonds is 5. The van der Waals surface area contributed by atoms with Gasteiger partial charge in [0.15, 0.2) is 0 Å². The van der Waals surface area contributed by atoms with E-state index in [1.165, 1.54) is 0 Å². The van der Waals surface area contributed by atoms with Crippen LogP contribution in [0.2, 0.25) is 0 Å². The minimum absolute atomic E-state index is 0.122. The molecule has 0 saturated heterocycles. The van der Waals surface area contributed by atoms with Crippen LogP contribution in [-0.2, 0) is 0 Å². The van der Waals surface area contributed by atoms with E-state index >= 15 is 0 Å². The van der Waals surface area contributed by atoms with E-state index in [4.69, 9.17) is 4.74 Å². The largest absolute Gasteiger partial charge is 0.506 e. The molecule has 0 amide bonds. The minimum atomic E-state index is 0.122. The lowest BCUT2D eigenvalue weighted by molar-refractivity contribution is 0.476. The molecule has 0 atom stereocenters. The molecule has 0 spiro atoms. The first-order valence-electron chi connectivity index (χ1n) is 8.19. The zero-order chi connectivity index (χ0) is 17.6. The van der Waals surface area contributed by atoms with Crippen LogP contribution in [0.3, 0.4) is 0 Å². The van der Waals surface area contributed by atoms with Crippen molar-refractivity contribution in [2.45, 2.75) is 19.8 Å². The van der Waals surface area contributed by atoms with E-state index in [-0.39, 0.29) is 5.75 Å². The molecule has 3 rings (SSSR count). The quantitative estimate of drug-likeness (QED) is 0.527. The Labute approximate surface area is 147 Å². The predicted octanol–water partition coefficient (Wildman–Crippen LogP) is 6.72. The molecule has 4 nitrogen and oxygen atoms in total. The molecular weight excluding hydrogens is 312 g/mol. The van der Waals surface area contributed by atoms with Crippen LogP contribution >= 0.6 is 0 Å². The Hall–Kier alpha value is -3.14. The van der Waals surface area contributed by atoms with Crippen LogP contribution in [0.15, 0.2) is 83.0 Å². The highest BCUT2D eigenvalue weighted by atomic mass is 16.5. The van der Waals surface area contributed by atoms with Gasteiger partial charge in [0.25, 0.3) is 0 Å². The number of nitrogens with zero attached hydrogens (tertiary/aromatic N) is 2. The predicted molar refractivity (Wildman–Crippen MR) is 99.3 cm³/mol. The van der Waals surface area contributed by atoms with E-state index in [0.717, 1.165) is 17.1 Å².